The van der Waals surface area contributed by atoms with Crippen molar-refractivity contribution in [3.63, 3.8) is 0 Å². The van der Waals surface area contributed by atoms with E-state index < -0.39 is 0 Å². The van der Waals surface area contributed by atoms with Crippen molar-refractivity contribution in [1.29, 1.82) is 0 Å². The Bertz CT molecular complexity index is 561. The average molecular weight is 321 g/mol. The van der Waals surface area contributed by atoms with Gasteiger partial charge in [-0.2, -0.15) is 0 Å². The molecule has 1 aromatic rings. The zero-order valence-corrected chi connectivity index (χ0v) is 13.7. The summed E-state index contributed by atoms with van der Waals surface area (Å²) >= 11 is 0. The van der Waals surface area contributed by atoms with Crippen molar-refractivity contribution in [2.75, 3.05) is 45.9 Å². The second-order valence-electron chi connectivity index (χ2n) is 6.50. The van der Waals surface area contributed by atoms with E-state index in [1.165, 1.54) is 19.3 Å². The minimum atomic E-state index is -0.278. The molecule has 0 aromatic carbocycles. The number of likely N-dealkylation sites (tertiary alicyclic amines) is 1. The van der Waals surface area contributed by atoms with Crippen molar-refractivity contribution in [3.8, 4) is 5.75 Å². The van der Waals surface area contributed by atoms with Crippen LogP contribution in [0.5, 0.6) is 5.75 Å². The highest BCUT2D eigenvalue weighted by Crippen LogP contribution is 2.14. The van der Waals surface area contributed by atoms with Gasteiger partial charge in [-0.15, -0.1) is 0 Å². The van der Waals surface area contributed by atoms with Crippen LogP contribution in [0.4, 0.5) is 0 Å². The molecule has 6 nitrogen and oxygen atoms in total. The molecule has 1 aromatic heterocycles. The largest absolute Gasteiger partial charge is 0.503 e. The number of hydrogen-bond acceptors (Lipinski definition) is 5. The van der Waals surface area contributed by atoms with Crippen molar-refractivity contribution in [2.24, 2.45) is 0 Å². The summed E-state index contributed by atoms with van der Waals surface area (Å²) in [4.78, 5) is 16.6. The lowest BCUT2D eigenvalue weighted by atomic mass is 10.1. The van der Waals surface area contributed by atoms with Crippen LogP contribution in [0.2, 0.25) is 0 Å². The normalized spacial score (nSPS) is 20.7. The van der Waals surface area contributed by atoms with Gasteiger partial charge in [0.1, 0.15) is 0 Å². The number of morpholine rings is 1. The maximum Gasteiger partial charge on any atom is 0.223 e. The van der Waals surface area contributed by atoms with Crippen LogP contribution in [0, 0.1) is 0 Å². The van der Waals surface area contributed by atoms with Gasteiger partial charge in [-0.05, 0) is 25.9 Å². The summed E-state index contributed by atoms with van der Waals surface area (Å²) in [7, 11) is 0. The van der Waals surface area contributed by atoms with Crippen LogP contribution in [0.15, 0.2) is 17.1 Å². The fraction of sp³-hybridized carbons (Fsp3) is 0.706. The number of aromatic hydroxyl groups is 1. The smallest absolute Gasteiger partial charge is 0.223 e. The second kappa shape index (κ2) is 7.95. The molecule has 6 heteroatoms. The van der Waals surface area contributed by atoms with Gasteiger partial charge < -0.3 is 14.4 Å². The van der Waals surface area contributed by atoms with Crippen LogP contribution in [0.3, 0.4) is 0 Å². The maximum atomic E-state index is 11.8. The standard InChI is InChI=1S/C17H27N3O3/c21-16-12-15(13-19-4-2-1-3-5-19)20(14-17(16)22)7-6-18-8-10-23-11-9-18/h12,14,22H,1-11,13H2. The Labute approximate surface area is 137 Å². The van der Waals surface area contributed by atoms with Gasteiger partial charge in [-0.3, -0.25) is 14.6 Å². The summed E-state index contributed by atoms with van der Waals surface area (Å²) in [6.45, 7) is 8.17. The summed E-state index contributed by atoms with van der Waals surface area (Å²) in [5, 5.41) is 9.79. The first kappa shape index (κ1) is 16.5. The molecule has 0 spiro atoms. The lowest BCUT2D eigenvalue weighted by Crippen LogP contribution is -2.38. The van der Waals surface area contributed by atoms with Crippen molar-refractivity contribution >= 4 is 0 Å². The quantitative estimate of drug-likeness (QED) is 0.872. The second-order valence-corrected chi connectivity index (χ2v) is 6.50. The molecule has 0 radical (unpaired) electrons. The molecule has 2 aliphatic rings. The molecule has 2 fully saturated rings. The summed E-state index contributed by atoms with van der Waals surface area (Å²) in [5.74, 6) is -0.158. The summed E-state index contributed by atoms with van der Waals surface area (Å²) < 4.78 is 7.42. The molecule has 0 atom stereocenters. The fourth-order valence-electron chi connectivity index (χ4n) is 3.37. The van der Waals surface area contributed by atoms with E-state index in [1.54, 1.807) is 12.3 Å². The molecule has 0 bridgehead atoms. The Morgan fingerprint density at radius 3 is 2.48 bits per heavy atom. The molecular weight excluding hydrogens is 294 g/mol. The molecule has 3 heterocycles. The summed E-state index contributed by atoms with van der Waals surface area (Å²) in [5.41, 5.74) is 0.725. The molecule has 1 N–H and O–H groups in total. The topological polar surface area (TPSA) is 57.9 Å². The van der Waals surface area contributed by atoms with Gasteiger partial charge in [0, 0.05) is 44.5 Å². The lowest BCUT2D eigenvalue weighted by Gasteiger charge is -2.29. The van der Waals surface area contributed by atoms with Gasteiger partial charge in [-0.1, -0.05) is 6.42 Å². The molecule has 2 aliphatic heterocycles. The number of aromatic nitrogens is 1. The Kier molecular flexibility index (Phi) is 5.70. The maximum absolute atomic E-state index is 11.8. The minimum Gasteiger partial charge on any atom is -0.503 e. The van der Waals surface area contributed by atoms with Crippen LogP contribution in [-0.2, 0) is 17.8 Å². The third kappa shape index (κ3) is 4.56. The van der Waals surface area contributed by atoms with Crippen LogP contribution in [0.25, 0.3) is 0 Å². The highest BCUT2D eigenvalue weighted by Gasteiger charge is 2.15. The third-order valence-electron chi connectivity index (χ3n) is 4.79. The van der Waals surface area contributed by atoms with E-state index in [2.05, 4.69) is 9.80 Å². The highest BCUT2D eigenvalue weighted by atomic mass is 16.5. The van der Waals surface area contributed by atoms with E-state index in [4.69, 9.17) is 4.74 Å². The molecule has 0 unspecified atom stereocenters. The summed E-state index contributed by atoms with van der Waals surface area (Å²) in [6.07, 6.45) is 5.37. The van der Waals surface area contributed by atoms with Crippen molar-refractivity contribution < 1.29 is 9.84 Å². The van der Waals surface area contributed by atoms with E-state index in [9.17, 15) is 9.90 Å². The Hall–Kier alpha value is -1.37. The molecule has 23 heavy (non-hydrogen) atoms. The Balaban J connectivity index is 1.68. The van der Waals surface area contributed by atoms with Crippen molar-refractivity contribution in [3.05, 3.63) is 28.2 Å². The molecule has 0 saturated carbocycles. The number of pyridine rings is 1. The van der Waals surface area contributed by atoms with Crippen LogP contribution in [-0.4, -0.2) is 65.4 Å². The molecule has 3 rings (SSSR count). The first-order valence-corrected chi connectivity index (χ1v) is 8.67. The van der Waals surface area contributed by atoms with Gasteiger partial charge in [0.05, 0.1) is 19.4 Å². The highest BCUT2D eigenvalue weighted by molar-refractivity contribution is 5.20. The zero-order chi connectivity index (χ0) is 16.1. The summed E-state index contributed by atoms with van der Waals surface area (Å²) in [6, 6.07) is 1.60. The number of rotatable bonds is 5. The number of ether oxygens (including phenoxy) is 1. The van der Waals surface area contributed by atoms with Crippen LogP contribution < -0.4 is 5.43 Å². The Morgan fingerprint density at radius 2 is 1.74 bits per heavy atom. The Morgan fingerprint density at radius 1 is 1.00 bits per heavy atom. The number of piperidine rings is 1. The average Bonchev–Trinajstić information content (AvgIpc) is 2.58. The molecule has 0 amide bonds. The van der Waals surface area contributed by atoms with E-state index in [1.807, 2.05) is 4.57 Å². The van der Waals surface area contributed by atoms with Crippen molar-refractivity contribution in [2.45, 2.75) is 32.4 Å². The van der Waals surface area contributed by atoms with Gasteiger partial charge in [0.2, 0.25) is 5.43 Å². The first-order chi connectivity index (χ1) is 11.2. The van der Waals surface area contributed by atoms with Crippen molar-refractivity contribution in [1.82, 2.24) is 14.4 Å². The van der Waals surface area contributed by atoms with E-state index in [0.717, 1.165) is 64.7 Å². The van der Waals surface area contributed by atoms with Gasteiger partial charge in [0.25, 0.3) is 0 Å². The number of hydrogen-bond donors (Lipinski definition) is 1. The van der Waals surface area contributed by atoms with Gasteiger partial charge in [-0.25, -0.2) is 0 Å². The van der Waals surface area contributed by atoms with Crippen LogP contribution in [0.1, 0.15) is 25.0 Å². The molecular formula is C17H27N3O3. The first-order valence-electron chi connectivity index (χ1n) is 8.67. The van der Waals surface area contributed by atoms with E-state index in [-0.39, 0.29) is 11.2 Å². The minimum absolute atomic E-state index is 0.158. The zero-order valence-electron chi connectivity index (χ0n) is 13.7. The fourth-order valence-corrected chi connectivity index (χ4v) is 3.37. The van der Waals surface area contributed by atoms with Gasteiger partial charge in [0.15, 0.2) is 5.75 Å². The van der Waals surface area contributed by atoms with Gasteiger partial charge >= 0.3 is 0 Å². The lowest BCUT2D eigenvalue weighted by molar-refractivity contribution is 0.0361. The number of nitrogens with zero attached hydrogens (tertiary/aromatic N) is 3. The monoisotopic (exact) mass is 321 g/mol. The predicted molar refractivity (Wildman–Crippen MR) is 88.8 cm³/mol. The van der Waals surface area contributed by atoms with E-state index >= 15 is 0 Å². The van der Waals surface area contributed by atoms with E-state index in [0.29, 0.717) is 0 Å². The molecule has 128 valence electrons. The third-order valence-corrected chi connectivity index (χ3v) is 4.79. The van der Waals surface area contributed by atoms with Crippen LogP contribution >= 0.6 is 0 Å². The molecule has 2 saturated heterocycles. The predicted octanol–water partition coefficient (Wildman–Crippen LogP) is 0.872. The SMILES string of the molecule is O=c1cc(CN2CCCCC2)n(CCN2CCOCC2)cc1O. The molecule has 0 aliphatic carbocycles.